The molecule has 2 heteroatoms. The lowest BCUT2D eigenvalue weighted by atomic mass is 10.2. The van der Waals surface area contributed by atoms with Crippen LogP contribution in [0, 0.1) is 0 Å². The lowest BCUT2D eigenvalue weighted by Gasteiger charge is -2.10. The fourth-order valence-corrected chi connectivity index (χ4v) is 1.62. The zero-order valence-corrected chi connectivity index (χ0v) is 6.12. The molecule has 0 aliphatic carbocycles. The van der Waals surface area contributed by atoms with Crippen molar-refractivity contribution in [1.82, 2.24) is 5.32 Å². The molecule has 0 unspecified atom stereocenters. The van der Waals surface area contributed by atoms with Crippen LogP contribution in [0.15, 0.2) is 0 Å². The van der Waals surface area contributed by atoms with E-state index in [0.717, 1.165) is 6.54 Å². The molecule has 1 saturated heterocycles. The van der Waals surface area contributed by atoms with Gasteiger partial charge in [0.05, 0.1) is 0 Å². The Hall–Kier alpha value is 0.310. The van der Waals surface area contributed by atoms with Crippen LogP contribution in [0.2, 0.25) is 0 Å². The normalized spacial score (nSPS) is 38.2. The Balaban J connectivity index is 2.30. The molecule has 0 bridgehead atoms. The van der Waals surface area contributed by atoms with Gasteiger partial charge in [-0.2, -0.15) is 12.6 Å². The molecular formula is C6H13NS. The zero-order valence-electron chi connectivity index (χ0n) is 5.22. The summed E-state index contributed by atoms with van der Waals surface area (Å²) in [5.74, 6) is 0. The van der Waals surface area contributed by atoms with Crippen LogP contribution in [-0.2, 0) is 0 Å². The second-order valence-electron chi connectivity index (χ2n) is 2.32. The topological polar surface area (TPSA) is 12.0 Å². The molecule has 1 rings (SSSR count). The largest absolute Gasteiger partial charge is 0.313 e. The number of hydrogen-bond donors (Lipinski definition) is 2. The third-order valence-corrected chi connectivity index (χ3v) is 2.37. The highest BCUT2D eigenvalue weighted by molar-refractivity contribution is 7.81. The summed E-state index contributed by atoms with van der Waals surface area (Å²) in [6.07, 6.45) is 2.45. The van der Waals surface area contributed by atoms with E-state index in [-0.39, 0.29) is 0 Å². The van der Waals surface area contributed by atoms with Gasteiger partial charge in [-0.25, -0.2) is 0 Å². The first kappa shape index (κ1) is 6.43. The molecule has 1 fully saturated rings. The summed E-state index contributed by atoms with van der Waals surface area (Å²) in [5, 5.41) is 3.99. The van der Waals surface area contributed by atoms with E-state index in [2.05, 4.69) is 24.9 Å². The van der Waals surface area contributed by atoms with Gasteiger partial charge in [0.25, 0.3) is 0 Å². The highest BCUT2D eigenvalue weighted by Crippen LogP contribution is 2.14. The molecule has 0 aromatic rings. The molecule has 1 nitrogen and oxygen atoms in total. The highest BCUT2D eigenvalue weighted by atomic mass is 32.1. The van der Waals surface area contributed by atoms with Crippen molar-refractivity contribution in [2.45, 2.75) is 31.1 Å². The van der Waals surface area contributed by atoms with E-state index in [9.17, 15) is 0 Å². The van der Waals surface area contributed by atoms with E-state index in [1.807, 2.05) is 0 Å². The average molecular weight is 131 g/mol. The molecule has 2 atom stereocenters. The van der Waals surface area contributed by atoms with Crippen LogP contribution < -0.4 is 5.32 Å². The van der Waals surface area contributed by atoms with E-state index in [4.69, 9.17) is 0 Å². The Kier molecular flexibility index (Phi) is 2.20. The number of rotatable bonds is 1. The maximum atomic E-state index is 4.40. The molecule has 8 heavy (non-hydrogen) atoms. The Bertz CT molecular complexity index is 74.9. The summed E-state index contributed by atoms with van der Waals surface area (Å²) < 4.78 is 0. The highest BCUT2D eigenvalue weighted by Gasteiger charge is 2.20. The van der Waals surface area contributed by atoms with Gasteiger partial charge in [0.15, 0.2) is 0 Å². The van der Waals surface area contributed by atoms with Crippen LogP contribution in [0.1, 0.15) is 19.8 Å². The van der Waals surface area contributed by atoms with Gasteiger partial charge < -0.3 is 5.32 Å². The van der Waals surface area contributed by atoms with E-state index in [1.54, 1.807) is 0 Å². The molecule has 0 aromatic carbocycles. The third-order valence-electron chi connectivity index (χ3n) is 1.75. The molecule has 48 valence electrons. The first-order chi connectivity index (χ1) is 3.84. The molecular weight excluding hydrogens is 118 g/mol. The van der Waals surface area contributed by atoms with Gasteiger partial charge in [-0.15, -0.1) is 0 Å². The quantitative estimate of drug-likeness (QED) is 0.507. The van der Waals surface area contributed by atoms with E-state index in [0.29, 0.717) is 11.3 Å². The van der Waals surface area contributed by atoms with Crippen molar-refractivity contribution in [3.8, 4) is 0 Å². The molecule has 1 heterocycles. The van der Waals surface area contributed by atoms with Crippen molar-refractivity contribution in [1.29, 1.82) is 0 Å². The van der Waals surface area contributed by atoms with Crippen LogP contribution in [-0.4, -0.2) is 17.8 Å². The summed E-state index contributed by atoms with van der Waals surface area (Å²) in [6.45, 7) is 3.36. The Labute approximate surface area is 56.3 Å². The van der Waals surface area contributed by atoms with Gasteiger partial charge in [-0.1, -0.05) is 6.92 Å². The van der Waals surface area contributed by atoms with Crippen molar-refractivity contribution in [3.63, 3.8) is 0 Å². The van der Waals surface area contributed by atoms with Crippen molar-refractivity contribution in [2.24, 2.45) is 0 Å². The molecule has 1 aliphatic rings. The number of thiol groups is 1. The predicted molar refractivity (Wildman–Crippen MR) is 39.5 cm³/mol. The minimum Gasteiger partial charge on any atom is -0.313 e. The zero-order chi connectivity index (χ0) is 5.98. The summed E-state index contributed by atoms with van der Waals surface area (Å²) in [6, 6.07) is 0.679. The van der Waals surface area contributed by atoms with Crippen LogP contribution in [0.25, 0.3) is 0 Å². The van der Waals surface area contributed by atoms with Gasteiger partial charge in [0, 0.05) is 11.3 Å². The minimum absolute atomic E-state index is 0.611. The van der Waals surface area contributed by atoms with E-state index < -0.39 is 0 Å². The molecule has 1 N–H and O–H groups in total. The molecule has 0 spiro atoms. The van der Waals surface area contributed by atoms with Crippen LogP contribution in [0.3, 0.4) is 0 Å². The lowest BCUT2D eigenvalue weighted by molar-refractivity contribution is 0.598. The fourth-order valence-electron chi connectivity index (χ4n) is 1.17. The monoisotopic (exact) mass is 131 g/mol. The standard InChI is InChI=1S/C6H13NS/c1-2-5-6(8)3-4-7-5/h5-8H,2-4H2,1H3/t5-,6-/m0/s1. The van der Waals surface area contributed by atoms with E-state index >= 15 is 0 Å². The van der Waals surface area contributed by atoms with Crippen molar-refractivity contribution < 1.29 is 0 Å². The SMILES string of the molecule is CC[C@@H]1NCC[C@@H]1S. The van der Waals surface area contributed by atoms with Gasteiger partial charge in [0.2, 0.25) is 0 Å². The molecule has 0 saturated carbocycles. The summed E-state index contributed by atoms with van der Waals surface area (Å²) in [4.78, 5) is 0. The van der Waals surface area contributed by atoms with Crippen molar-refractivity contribution in [2.75, 3.05) is 6.54 Å². The first-order valence-electron chi connectivity index (χ1n) is 3.26. The molecule has 0 aromatic heterocycles. The van der Waals surface area contributed by atoms with Crippen LogP contribution in [0.5, 0.6) is 0 Å². The van der Waals surface area contributed by atoms with Gasteiger partial charge in [-0.05, 0) is 19.4 Å². The van der Waals surface area contributed by atoms with E-state index in [1.165, 1.54) is 12.8 Å². The summed E-state index contributed by atoms with van der Waals surface area (Å²) >= 11 is 4.40. The van der Waals surface area contributed by atoms with Crippen molar-refractivity contribution >= 4 is 12.6 Å². The maximum absolute atomic E-state index is 4.40. The summed E-state index contributed by atoms with van der Waals surface area (Å²) in [5.41, 5.74) is 0. The second-order valence-corrected chi connectivity index (χ2v) is 2.99. The first-order valence-corrected chi connectivity index (χ1v) is 3.77. The molecule has 0 radical (unpaired) electrons. The maximum Gasteiger partial charge on any atom is 0.0182 e. The van der Waals surface area contributed by atoms with Gasteiger partial charge in [0.1, 0.15) is 0 Å². The summed E-state index contributed by atoms with van der Waals surface area (Å²) in [7, 11) is 0. The van der Waals surface area contributed by atoms with Gasteiger partial charge >= 0.3 is 0 Å². The Morgan fingerprint density at radius 3 is 2.75 bits per heavy atom. The third kappa shape index (κ3) is 1.17. The molecule has 0 amide bonds. The van der Waals surface area contributed by atoms with Crippen molar-refractivity contribution in [3.05, 3.63) is 0 Å². The number of nitrogens with one attached hydrogen (secondary N) is 1. The average Bonchev–Trinajstić information content (AvgIpc) is 2.14. The number of hydrogen-bond acceptors (Lipinski definition) is 2. The molecule has 1 aliphatic heterocycles. The fraction of sp³-hybridized carbons (Fsp3) is 1.00. The van der Waals surface area contributed by atoms with Crippen LogP contribution >= 0.6 is 12.6 Å². The lowest BCUT2D eigenvalue weighted by Crippen LogP contribution is -2.25. The predicted octanol–water partition coefficient (Wildman–Crippen LogP) is 1.06. The Morgan fingerprint density at radius 2 is 2.50 bits per heavy atom. The minimum atomic E-state index is 0.611. The Morgan fingerprint density at radius 1 is 1.75 bits per heavy atom. The second kappa shape index (κ2) is 2.74. The van der Waals surface area contributed by atoms with Gasteiger partial charge in [-0.3, -0.25) is 0 Å². The smallest absolute Gasteiger partial charge is 0.0182 e. The van der Waals surface area contributed by atoms with Crippen LogP contribution in [0.4, 0.5) is 0 Å².